The molecule has 1 N–H and O–H groups in total. The van der Waals surface area contributed by atoms with Crippen LogP contribution in [0.25, 0.3) is 0 Å². The highest BCUT2D eigenvalue weighted by molar-refractivity contribution is 8.00. The van der Waals surface area contributed by atoms with Gasteiger partial charge in [-0.25, -0.2) is 0 Å². The van der Waals surface area contributed by atoms with Gasteiger partial charge in [0, 0.05) is 16.2 Å². The molecule has 1 fully saturated rings. The number of aryl methyl sites for hydroxylation is 1. The van der Waals surface area contributed by atoms with E-state index in [9.17, 15) is 0 Å². The average molecular weight is 295 g/mol. The third-order valence-electron chi connectivity index (χ3n) is 4.52. The van der Waals surface area contributed by atoms with Crippen molar-refractivity contribution in [1.29, 1.82) is 0 Å². The quantitative estimate of drug-likeness (QED) is 0.810. The van der Waals surface area contributed by atoms with Crippen molar-refractivity contribution in [2.24, 2.45) is 11.8 Å². The highest BCUT2D eigenvalue weighted by atomic mass is 32.2. The van der Waals surface area contributed by atoms with Crippen molar-refractivity contribution in [2.75, 3.05) is 6.54 Å². The van der Waals surface area contributed by atoms with Gasteiger partial charge in [-0.15, -0.1) is 11.8 Å². The summed E-state index contributed by atoms with van der Waals surface area (Å²) in [5, 5.41) is 4.44. The standard InChI is InChI=1S/C17H29NOS/c1-5-9-18-15-7-6-14(12(2)3)11-17(15)20-16-8-10-19-13(16)4/h8,10,12,14-15,17-18H,5-7,9,11H2,1-4H3. The summed E-state index contributed by atoms with van der Waals surface area (Å²) < 4.78 is 5.46. The number of hydrogen-bond donors (Lipinski definition) is 1. The van der Waals surface area contributed by atoms with E-state index in [2.05, 4.69) is 39.1 Å². The van der Waals surface area contributed by atoms with Gasteiger partial charge in [0.05, 0.1) is 6.26 Å². The zero-order chi connectivity index (χ0) is 14.5. The average Bonchev–Trinajstić information content (AvgIpc) is 2.82. The van der Waals surface area contributed by atoms with Crippen LogP contribution in [0.1, 0.15) is 52.2 Å². The Balaban J connectivity index is 2.03. The zero-order valence-electron chi connectivity index (χ0n) is 13.3. The predicted octanol–water partition coefficient (Wildman–Crippen LogP) is 4.87. The minimum Gasteiger partial charge on any atom is -0.468 e. The molecule has 0 spiro atoms. The number of thioether (sulfide) groups is 1. The van der Waals surface area contributed by atoms with E-state index < -0.39 is 0 Å². The van der Waals surface area contributed by atoms with E-state index in [4.69, 9.17) is 4.42 Å². The Hall–Kier alpha value is -0.410. The van der Waals surface area contributed by atoms with Crippen molar-refractivity contribution in [2.45, 2.75) is 69.6 Å². The second-order valence-corrected chi connectivity index (χ2v) is 7.66. The van der Waals surface area contributed by atoms with Gasteiger partial charge in [0.1, 0.15) is 5.76 Å². The summed E-state index contributed by atoms with van der Waals surface area (Å²) in [6.45, 7) is 10.2. The lowest BCUT2D eigenvalue weighted by Crippen LogP contribution is -2.43. The molecule has 3 atom stereocenters. The van der Waals surface area contributed by atoms with Gasteiger partial charge in [-0.2, -0.15) is 0 Å². The van der Waals surface area contributed by atoms with Gasteiger partial charge in [-0.3, -0.25) is 0 Å². The third-order valence-corrected chi connectivity index (χ3v) is 6.02. The van der Waals surface area contributed by atoms with E-state index in [0.29, 0.717) is 11.3 Å². The second-order valence-electron chi connectivity index (χ2n) is 6.38. The summed E-state index contributed by atoms with van der Waals surface area (Å²) in [6.07, 6.45) is 7.05. The van der Waals surface area contributed by atoms with Gasteiger partial charge in [0.25, 0.3) is 0 Å². The smallest absolute Gasteiger partial charge is 0.114 e. The van der Waals surface area contributed by atoms with Crippen LogP contribution in [-0.4, -0.2) is 17.8 Å². The molecule has 0 aromatic carbocycles. The summed E-state index contributed by atoms with van der Waals surface area (Å²) in [4.78, 5) is 1.32. The Kier molecular flexibility index (Phi) is 6.03. The minimum atomic E-state index is 0.657. The van der Waals surface area contributed by atoms with Gasteiger partial charge in [0.15, 0.2) is 0 Å². The first-order chi connectivity index (χ1) is 9.61. The second kappa shape index (κ2) is 7.56. The first kappa shape index (κ1) is 16.0. The molecule has 0 amide bonds. The van der Waals surface area contributed by atoms with Crippen LogP contribution >= 0.6 is 11.8 Å². The summed E-state index contributed by atoms with van der Waals surface area (Å²) in [5.74, 6) is 2.74. The maximum atomic E-state index is 5.46. The maximum Gasteiger partial charge on any atom is 0.114 e. The van der Waals surface area contributed by atoms with Gasteiger partial charge < -0.3 is 9.73 Å². The van der Waals surface area contributed by atoms with Gasteiger partial charge in [-0.05, 0) is 57.1 Å². The number of rotatable bonds is 6. The normalized spacial score (nSPS) is 27.1. The third kappa shape index (κ3) is 4.05. The van der Waals surface area contributed by atoms with Crippen LogP contribution in [0.5, 0.6) is 0 Å². The monoisotopic (exact) mass is 295 g/mol. The zero-order valence-corrected chi connectivity index (χ0v) is 14.1. The van der Waals surface area contributed by atoms with Crippen molar-refractivity contribution < 1.29 is 4.42 Å². The topological polar surface area (TPSA) is 25.2 Å². The molecule has 1 saturated carbocycles. The van der Waals surface area contributed by atoms with Crippen molar-refractivity contribution in [3.63, 3.8) is 0 Å². The fourth-order valence-electron chi connectivity index (χ4n) is 3.12. The van der Waals surface area contributed by atoms with Crippen molar-refractivity contribution in [3.8, 4) is 0 Å². The molecule has 3 heteroatoms. The van der Waals surface area contributed by atoms with Gasteiger partial charge >= 0.3 is 0 Å². The first-order valence-corrected chi connectivity index (χ1v) is 8.94. The molecule has 1 aromatic heterocycles. The van der Waals surface area contributed by atoms with Crippen LogP contribution in [0.4, 0.5) is 0 Å². The first-order valence-electron chi connectivity index (χ1n) is 8.06. The predicted molar refractivity (Wildman–Crippen MR) is 87.4 cm³/mol. The lowest BCUT2D eigenvalue weighted by Gasteiger charge is -2.38. The molecule has 1 heterocycles. The fourth-order valence-corrected chi connectivity index (χ4v) is 4.53. The van der Waals surface area contributed by atoms with Crippen molar-refractivity contribution >= 4 is 11.8 Å². The lowest BCUT2D eigenvalue weighted by molar-refractivity contribution is 0.246. The Morgan fingerprint density at radius 3 is 2.80 bits per heavy atom. The lowest BCUT2D eigenvalue weighted by atomic mass is 9.79. The van der Waals surface area contributed by atoms with Crippen molar-refractivity contribution in [3.05, 3.63) is 18.1 Å². The molecular formula is C17H29NOS. The van der Waals surface area contributed by atoms with Crippen LogP contribution in [0.3, 0.4) is 0 Å². The Morgan fingerprint density at radius 1 is 1.40 bits per heavy atom. The minimum absolute atomic E-state index is 0.657. The van der Waals surface area contributed by atoms with Crippen molar-refractivity contribution in [1.82, 2.24) is 5.32 Å². The van der Waals surface area contributed by atoms with E-state index in [0.717, 1.165) is 24.1 Å². The van der Waals surface area contributed by atoms with E-state index in [1.807, 2.05) is 18.0 Å². The molecule has 0 saturated heterocycles. The van der Waals surface area contributed by atoms with E-state index in [-0.39, 0.29) is 0 Å². The molecule has 1 aliphatic carbocycles. The largest absolute Gasteiger partial charge is 0.468 e. The summed E-state index contributed by atoms with van der Waals surface area (Å²) in [6, 6.07) is 2.78. The Labute approximate surface area is 128 Å². The number of nitrogens with one attached hydrogen (secondary N) is 1. The van der Waals surface area contributed by atoms with Crippen LogP contribution in [0.15, 0.2) is 21.6 Å². The molecule has 20 heavy (non-hydrogen) atoms. The molecular weight excluding hydrogens is 266 g/mol. The molecule has 1 aromatic rings. The highest BCUT2D eigenvalue weighted by Gasteiger charge is 2.32. The molecule has 2 nitrogen and oxygen atoms in total. The molecule has 3 unspecified atom stereocenters. The molecule has 0 bridgehead atoms. The molecule has 0 radical (unpaired) electrons. The van der Waals surface area contributed by atoms with E-state index in [1.165, 1.54) is 30.6 Å². The molecule has 2 rings (SSSR count). The SMILES string of the molecule is CCCNC1CCC(C(C)C)CC1Sc1ccoc1C. The summed E-state index contributed by atoms with van der Waals surface area (Å²) in [5.41, 5.74) is 0. The Morgan fingerprint density at radius 2 is 2.20 bits per heavy atom. The van der Waals surface area contributed by atoms with Crippen LogP contribution in [0, 0.1) is 18.8 Å². The molecule has 0 aliphatic heterocycles. The maximum absolute atomic E-state index is 5.46. The van der Waals surface area contributed by atoms with E-state index in [1.54, 1.807) is 0 Å². The molecule has 1 aliphatic rings. The fraction of sp³-hybridized carbons (Fsp3) is 0.765. The van der Waals surface area contributed by atoms with E-state index >= 15 is 0 Å². The van der Waals surface area contributed by atoms with Crippen LogP contribution in [-0.2, 0) is 0 Å². The highest BCUT2D eigenvalue weighted by Crippen LogP contribution is 2.40. The Bertz CT molecular complexity index is 401. The van der Waals surface area contributed by atoms with Gasteiger partial charge in [0.2, 0.25) is 0 Å². The summed E-state index contributed by atoms with van der Waals surface area (Å²) in [7, 11) is 0. The summed E-state index contributed by atoms with van der Waals surface area (Å²) >= 11 is 2.02. The van der Waals surface area contributed by atoms with Crippen LogP contribution in [0.2, 0.25) is 0 Å². The number of furan rings is 1. The number of hydrogen-bond acceptors (Lipinski definition) is 3. The van der Waals surface area contributed by atoms with Gasteiger partial charge in [-0.1, -0.05) is 20.8 Å². The molecule has 114 valence electrons. The van der Waals surface area contributed by atoms with Crippen LogP contribution < -0.4 is 5.32 Å².